The molecule has 3 rings (SSSR count). The first-order valence-electron chi connectivity index (χ1n) is 7.18. The van der Waals surface area contributed by atoms with Crippen LogP contribution in [0.25, 0.3) is 0 Å². The van der Waals surface area contributed by atoms with E-state index < -0.39 is 0 Å². The van der Waals surface area contributed by atoms with Crippen LogP contribution in [0.5, 0.6) is 0 Å². The Morgan fingerprint density at radius 3 is 2.67 bits per heavy atom. The topological polar surface area (TPSA) is 15.6 Å². The Bertz CT molecular complexity index is 436. The molecule has 1 aromatic carbocycles. The molecule has 1 aliphatic heterocycles. The molecule has 1 fully saturated rings. The van der Waals surface area contributed by atoms with Gasteiger partial charge < -0.3 is 0 Å². The highest BCUT2D eigenvalue weighted by Gasteiger charge is 2.39. The number of rotatable bonds is 2. The van der Waals surface area contributed by atoms with Crippen LogP contribution < -0.4 is 0 Å². The van der Waals surface area contributed by atoms with E-state index in [1.165, 1.54) is 37.0 Å². The maximum absolute atomic E-state index is 4.92. The first-order valence-corrected chi connectivity index (χ1v) is 7.18. The highest BCUT2D eigenvalue weighted by molar-refractivity contribution is 5.89. The van der Waals surface area contributed by atoms with Gasteiger partial charge in [0, 0.05) is 17.7 Å². The second-order valence-corrected chi connectivity index (χ2v) is 5.77. The number of benzene rings is 1. The Balaban J connectivity index is 1.95. The Morgan fingerprint density at radius 2 is 1.94 bits per heavy atom. The lowest BCUT2D eigenvalue weighted by Crippen LogP contribution is -2.31. The summed E-state index contributed by atoms with van der Waals surface area (Å²) in [5.74, 6) is 0.656. The van der Waals surface area contributed by atoms with Gasteiger partial charge in [-0.1, -0.05) is 36.8 Å². The van der Waals surface area contributed by atoms with E-state index in [1.54, 1.807) is 0 Å². The number of hydrazone groups is 1. The van der Waals surface area contributed by atoms with E-state index in [0.29, 0.717) is 18.0 Å². The van der Waals surface area contributed by atoms with E-state index in [0.717, 1.165) is 0 Å². The molecule has 2 atom stereocenters. The number of hydrogen-bond acceptors (Lipinski definition) is 2. The first kappa shape index (κ1) is 11.8. The third kappa shape index (κ3) is 1.94. The van der Waals surface area contributed by atoms with Crippen molar-refractivity contribution in [3.05, 3.63) is 35.9 Å². The van der Waals surface area contributed by atoms with Crippen molar-refractivity contribution in [1.29, 1.82) is 0 Å². The maximum Gasteiger partial charge on any atom is 0.0803 e. The van der Waals surface area contributed by atoms with E-state index in [2.05, 4.69) is 49.2 Å². The summed E-state index contributed by atoms with van der Waals surface area (Å²) in [7, 11) is 0. The van der Waals surface area contributed by atoms with Crippen molar-refractivity contribution in [1.82, 2.24) is 5.01 Å². The Labute approximate surface area is 110 Å². The lowest BCUT2D eigenvalue weighted by atomic mass is 9.80. The molecule has 2 heteroatoms. The molecule has 0 spiro atoms. The summed E-state index contributed by atoms with van der Waals surface area (Å²) in [5, 5.41) is 7.25. The molecule has 1 saturated carbocycles. The zero-order valence-corrected chi connectivity index (χ0v) is 11.3. The van der Waals surface area contributed by atoms with E-state index in [9.17, 15) is 0 Å². The molecule has 0 N–H and O–H groups in total. The molecule has 1 heterocycles. The fraction of sp³-hybridized carbons (Fsp3) is 0.562. The van der Waals surface area contributed by atoms with Crippen molar-refractivity contribution in [2.24, 2.45) is 11.0 Å². The van der Waals surface area contributed by atoms with Gasteiger partial charge in [-0.3, -0.25) is 5.01 Å². The van der Waals surface area contributed by atoms with E-state index in [-0.39, 0.29) is 0 Å². The number of hydrogen-bond donors (Lipinski definition) is 0. The zero-order valence-electron chi connectivity index (χ0n) is 11.3. The van der Waals surface area contributed by atoms with Crippen molar-refractivity contribution >= 4 is 5.71 Å². The average Bonchev–Trinajstić information content (AvgIpc) is 2.79. The lowest BCUT2D eigenvalue weighted by Gasteiger charge is -2.32. The van der Waals surface area contributed by atoms with Crippen molar-refractivity contribution in [2.45, 2.75) is 51.6 Å². The van der Waals surface area contributed by atoms with Crippen LogP contribution in [0.15, 0.2) is 35.4 Å². The van der Waals surface area contributed by atoms with Gasteiger partial charge in [-0.15, -0.1) is 0 Å². The van der Waals surface area contributed by atoms with Crippen LogP contribution in [-0.4, -0.2) is 16.8 Å². The number of nitrogens with zero attached hydrogens (tertiary/aromatic N) is 2. The van der Waals surface area contributed by atoms with E-state index in [4.69, 9.17) is 5.10 Å². The number of fused-ring (bicyclic) bond motifs is 1. The largest absolute Gasteiger partial charge is 0.286 e. The predicted molar refractivity (Wildman–Crippen MR) is 75.6 cm³/mol. The summed E-state index contributed by atoms with van der Waals surface area (Å²) in [5.41, 5.74) is 2.88. The zero-order chi connectivity index (χ0) is 12.5. The van der Waals surface area contributed by atoms with Crippen LogP contribution in [0.4, 0.5) is 0 Å². The van der Waals surface area contributed by atoms with Crippen molar-refractivity contribution in [3.8, 4) is 0 Å². The predicted octanol–water partition coefficient (Wildman–Crippen LogP) is 4.00. The quantitative estimate of drug-likeness (QED) is 0.765. The first-order chi connectivity index (χ1) is 8.77. The molecule has 18 heavy (non-hydrogen) atoms. The minimum atomic E-state index is 0.474. The molecule has 0 amide bonds. The second kappa shape index (κ2) is 4.75. The van der Waals surface area contributed by atoms with Gasteiger partial charge in [-0.2, -0.15) is 5.10 Å². The Kier molecular flexibility index (Phi) is 3.11. The summed E-state index contributed by atoms with van der Waals surface area (Å²) in [4.78, 5) is 0. The summed E-state index contributed by atoms with van der Waals surface area (Å²) in [6, 6.07) is 11.9. The van der Waals surface area contributed by atoms with Crippen LogP contribution in [-0.2, 0) is 0 Å². The molecular formula is C16H22N2. The summed E-state index contributed by atoms with van der Waals surface area (Å²) >= 11 is 0. The average molecular weight is 242 g/mol. The van der Waals surface area contributed by atoms with Crippen LogP contribution in [0.2, 0.25) is 0 Å². The van der Waals surface area contributed by atoms with Gasteiger partial charge >= 0.3 is 0 Å². The van der Waals surface area contributed by atoms with Gasteiger partial charge in [-0.25, -0.2) is 0 Å². The lowest BCUT2D eigenvalue weighted by molar-refractivity contribution is 0.154. The van der Waals surface area contributed by atoms with Gasteiger partial charge in [0.05, 0.1) is 6.04 Å². The SMILES string of the molecule is CC(C)N1N=C2CCCC[C@@H]2[C@@H]1c1ccccc1. The van der Waals surface area contributed by atoms with Gasteiger partial charge in [0.1, 0.15) is 0 Å². The highest BCUT2D eigenvalue weighted by Crippen LogP contribution is 2.42. The Hall–Kier alpha value is -1.31. The molecule has 1 aliphatic carbocycles. The van der Waals surface area contributed by atoms with Crippen LogP contribution in [0, 0.1) is 5.92 Å². The van der Waals surface area contributed by atoms with Gasteiger partial charge in [0.25, 0.3) is 0 Å². The molecular weight excluding hydrogens is 220 g/mol. The summed E-state index contributed by atoms with van der Waals surface area (Å²) < 4.78 is 0. The van der Waals surface area contributed by atoms with E-state index >= 15 is 0 Å². The van der Waals surface area contributed by atoms with Gasteiger partial charge in [0.15, 0.2) is 0 Å². The molecule has 0 unspecified atom stereocenters. The van der Waals surface area contributed by atoms with Gasteiger partial charge in [0.2, 0.25) is 0 Å². The molecule has 0 radical (unpaired) electrons. The maximum atomic E-state index is 4.92. The van der Waals surface area contributed by atoms with E-state index in [1.807, 2.05) is 0 Å². The monoisotopic (exact) mass is 242 g/mol. The highest BCUT2D eigenvalue weighted by atomic mass is 15.5. The third-order valence-corrected chi connectivity index (χ3v) is 4.21. The Morgan fingerprint density at radius 1 is 1.17 bits per heavy atom. The molecule has 96 valence electrons. The molecule has 2 nitrogen and oxygen atoms in total. The minimum Gasteiger partial charge on any atom is -0.286 e. The van der Waals surface area contributed by atoms with Crippen molar-refractivity contribution in [2.75, 3.05) is 0 Å². The fourth-order valence-electron chi connectivity index (χ4n) is 3.35. The normalized spacial score (nSPS) is 27.3. The van der Waals surface area contributed by atoms with Crippen LogP contribution in [0.1, 0.15) is 51.1 Å². The van der Waals surface area contributed by atoms with Gasteiger partial charge in [-0.05, 0) is 38.7 Å². The fourth-order valence-corrected chi connectivity index (χ4v) is 3.35. The smallest absolute Gasteiger partial charge is 0.0803 e. The molecule has 0 bridgehead atoms. The molecule has 0 saturated heterocycles. The third-order valence-electron chi connectivity index (χ3n) is 4.21. The second-order valence-electron chi connectivity index (χ2n) is 5.77. The minimum absolute atomic E-state index is 0.474. The molecule has 2 aliphatic rings. The molecule has 1 aromatic rings. The van der Waals surface area contributed by atoms with Crippen molar-refractivity contribution in [3.63, 3.8) is 0 Å². The van der Waals surface area contributed by atoms with Crippen LogP contribution >= 0.6 is 0 Å². The van der Waals surface area contributed by atoms with Crippen LogP contribution in [0.3, 0.4) is 0 Å². The summed E-state index contributed by atoms with van der Waals surface area (Å²) in [6.07, 6.45) is 5.20. The standard InChI is InChI=1S/C16H22N2/c1-12(2)18-16(13-8-4-3-5-9-13)14-10-6-7-11-15(14)17-18/h3-5,8-9,12,14,16H,6-7,10-11H2,1-2H3/t14-,16-/m0/s1. The summed E-state index contributed by atoms with van der Waals surface area (Å²) in [6.45, 7) is 4.49. The van der Waals surface area contributed by atoms with Crippen molar-refractivity contribution < 1.29 is 0 Å². The molecule has 0 aromatic heterocycles.